The topological polar surface area (TPSA) is 24.9 Å². The average molecular weight is 272 g/mol. The van der Waals surface area contributed by atoms with Gasteiger partial charge in [0.05, 0.1) is 5.69 Å². The highest BCUT2D eigenvalue weighted by molar-refractivity contribution is 7.09. The van der Waals surface area contributed by atoms with Gasteiger partial charge in [0.15, 0.2) is 0 Å². The molecule has 100 valence electrons. The number of hydrogen-bond donors (Lipinski definition) is 1. The van der Waals surface area contributed by atoms with Gasteiger partial charge in [0.25, 0.3) is 0 Å². The Balaban J connectivity index is 1.85. The smallest absolute Gasteiger partial charge is 0.100 e. The Hall–Kier alpha value is -1.19. The lowest BCUT2D eigenvalue weighted by molar-refractivity contribution is 0.610. The van der Waals surface area contributed by atoms with Gasteiger partial charge < -0.3 is 5.32 Å². The minimum Gasteiger partial charge on any atom is -0.311 e. The third-order valence-corrected chi connectivity index (χ3v) is 4.80. The lowest BCUT2D eigenvalue weighted by Crippen LogP contribution is -2.13. The molecule has 2 aromatic rings. The van der Waals surface area contributed by atoms with Crippen molar-refractivity contribution >= 4 is 11.3 Å². The van der Waals surface area contributed by atoms with Crippen molar-refractivity contribution in [3.63, 3.8) is 0 Å². The molecule has 3 heteroatoms. The number of aromatic nitrogens is 1. The largest absolute Gasteiger partial charge is 0.311 e. The third-order valence-electron chi connectivity index (χ3n) is 3.79. The summed E-state index contributed by atoms with van der Waals surface area (Å²) in [6, 6.07) is 8.86. The summed E-state index contributed by atoms with van der Waals surface area (Å²) in [5.41, 5.74) is 4.20. The molecule has 3 rings (SSSR count). The molecule has 1 aliphatic carbocycles. The molecule has 0 aliphatic heterocycles. The maximum Gasteiger partial charge on any atom is 0.100 e. The first-order valence-corrected chi connectivity index (χ1v) is 7.99. The summed E-state index contributed by atoms with van der Waals surface area (Å²) < 4.78 is 0. The Morgan fingerprint density at radius 2 is 2.26 bits per heavy atom. The quantitative estimate of drug-likeness (QED) is 0.917. The molecule has 1 aliphatic rings. The van der Waals surface area contributed by atoms with E-state index in [2.05, 4.69) is 41.9 Å². The number of aryl methyl sites for hydroxylation is 1. The molecule has 1 heterocycles. The van der Waals surface area contributed by atoms with Crippen molar-refractivity contribution in [2.75, 3.05) is 6.54 Å². The molecule has 1 N–H and O–H groups in total. The van der Waals surface area contributed by atoms with E-state index in [0.29, 0.717) is 5.92 Å². The van der Waals surface area contributed by atoms with Crippen LogP contribution in [-0.2, 0) is 13.0 Å². The van der Waals surface area contributed by atoms with Crippen LogP contribution in [0.4, 0.5) is 0 Å². The van der Waals surface area contributed by atoms with Crippen LogP contribution in [0.15, 0.2) is 29.6 Å². The fourth-order valence-electron chi connectivity index (χ4n) is 2.83. The third kappa shape index (κ3) is 2.72. The Morgan fingerprint density at radius 1 is 1.37 bits per heavy atom. The van der Waals surface area contributed by atoms with E-state index in [1.54, 1.807) is 0 Å². The van der Waals surface area contributed by atoms with Crippen molar-refractivity contribution in [3.8, 4) is 0 Å². The van der Waals surface area contributed by atoms with Crippen LogP contribution in [0.3, 0.4) is 0 Å². The van der Waals surface area contributed by atoms with Crippen molar-refractivity contribution in [1.82, 2.24) is 10.3 Å². The van der Waals surface area contributed by atoms with Crippen molar-refractivity contribution in [1.29, 1.82) is 0 Å². The molecule has 0 fully saturated rings. The normalized spacial score (nSPS) is 18.3. The minimum atomic E-state index is 0.519. The van der Waals surface area contributed by atoms with E-state index in [1.165, 1.54) is 41.1 Å². The molecule has 1 unspecified atom stereocenters. The lowest BCUT2D eigenvalue weighted by Gasteiger charge is -2.23. The number of benzene rings is 1. The maximum absolute atomic E-state index is 4.83. The molecule has 1 aromatic heterocycles. The average Bonchev–Trinajstić information content (AvgIpc) is 2.93. The van der Waals surface area contributed by atoms with E-state index in [0.717, 1.165) is 13.1 Å². The SMILES string of the molecule is CCNCc1csc(C2CCCc3ccccc32)n1. The fraction of sp³-hybridized carbons (Fsp3) is 0.438. The monoisotopic (exact) mass is 272 g/mol. The van der Waals surface area contributed by atoms with Crippen LogP contribution in [0.25, 0.3) is 0 Å². The Kier molecular flexibility index (Phi) is 3.95. The van der Waals surface area contributed by atoms with Gasteiger partial charge in [-0.15, -0.1) is 11.3 Å². The number of rotatable bonds is 4. The molecule has 0 radical (unpaired) electrons. The minimum absolute atomic E-state index is 0.519. The van der Waals surface area contributed by atoms with Crippen LogP contribution in [0.1, 0.15) is 47.5 Å². The highest BCUT2D eigenvalue weighted by Gasteiger charge is 2.23. The molecule has 2 nitrogen and oxygen atoms in total. The predicted octanol–water partition coefficient (Wildman–Crippen LogP) is 3.72. The maximum atomic E-state index is 4.83. The van der Waals surface area contributed by atoms with E-state index < -0.39 is 0 Å². The summed E-state index contributed by atoms with van der Waals surface area (Å²) in [5.74, 6) is 0.519. The molecule has 0 spiro atoms. The van der Waals surface area contributed by atoms with Gasteiger partial charge in [-0.3, -0.25) is 0 Å². The zero-order valence-electron chi connectivity index (χ0n) is 11.4. The molecular formula is C16H20N2S. The second-order valence-corrected chi connectivity index (χ2v) is 5.99. The summed E-state index contributed by atoms with van der Waals surface area (Å²) in [5, 5.41) is 6.84. The van der Waals surface area contributed by atoms with Crippen LogP contribution < -0.4 is 5.32 Å². The number of thiazole rings is 1. The molecule has 0 saturated heterocycles. The second-order valence-electron chi connectivity index (χ2n) is 5.10. The van der Waals surface area contributed by atoms with Crippen molar-refractivity contribution in [2.45, 2.75) is 38.6 Å². The van der Waals surface area contributed by atoms with Crippen LogP contribution in [0.5, 0.6) is 0 Å². The van der Waals surface area contributed by atoms with Crippen LogP contribution in [-0.4, -0.2) is 11.5 Å². The Morgan fingerprint density at radius 3 is 3.16 bits per heavy atom. The molecule has 1 aromatic carbocycles. The first-order chi connectivity index (χ1) is 9.38. The van der Waals surface area contributed by atoms with Gasteiger partial charge in [-0.2, -0.15) is 0 Å². The van der Waals surface area contributed by atoms with Crippen molar-refractivity contribution < 1.29 is 0 Å². The highest BCUT2D eigenvalue weighted by atomic mass is 32.1. The zero-order valence-corrected chi connectivity index (χ0v) is 12.2. The van der Waals surface area contributed by atoms with Crippen LogP contribution >= 0.6 is 11.3 Å². The molecule has 0 amide bonds. The van der Waals surface area contributed by atoms with E-state index in [-0.39, 0.29) is 0 Å². The summed E-state index contributed by atoms with van der Waals surface area (Å²) in [6.45, 7) is 4.02. The number of hydrogen-bond acceptors (Lipinski definition) is 3. The summed E-state index contributed by atoms with van der Waals surface area (Å²) in [6.07, 6.45) is 3.75. The zero-order chi connectivity index (χ0) is 13.1. The van der Waals surface area contributed by atoms with Crippen LogP contribution in [0, 0.1) is 0 Å². The van der Waals surface area contributed by atoms with Gasteiger partial charge in [-0.25, -0.2) is 4.98 Å². The van der Waals surface area contributed by atoms with Crippen molar-refractivity contribution in [2.24, 2.45) is 0 Å². The number of fused-ring (bicyclic) bond motifs is 1. The number of nitrogens with one attached hydrogen (secondary N) is 1. The number of nitrogens with zero attached hydrogens (tertiary/aromatic N) is 1. The van der Waals surface area contributed by atoms with Crippen LogP contribution in [0.2, 0.25) is 0 Å². The molecular weight excluding hydrogens is 252 g/mol. The molecule has 0 saturated carbocycles. The first kappa shape index (κ1) is 12.8. The van der Waals surface area contributed by atoms with E-state index in [9.17, 15) is 0 Å². The van der Waals surface area contributed by atoms with E-state index in [4.69, 9.17) is 4.98 Å². The van der Waals surface area contributed by atoms with Gasteiger partial charge >= 0.3 is 0 Å². The molecule has 19 heavy (non-hydrogen) atoms. The summed E-state index contributed by atoms with van der Waals surface area (Å²) in [7, 11) is 0. The van der Waals surface area contributed by atoms with Gasteiger partial charge in [0, 0.05) is 17.8 Å². The van der Waals surface area contributed by atoms with E-state index in [1.807, 2.05) is 11.3 Å². The highest BCUT2D eigenvalue weighted by Crippen LogP contribution is 2.37. The standard InChI is InChI=1S/C16H20N2S/c1-2-17-10-13-11-19-16(18-13)15-9-5-7-12-6-3-4-8-14(12)15/h3-4,6,8,11,15,17H,2,5,7,9-10H2,1H3. The Labute approximate surface area is 118 Å². The lowest BCUT2D eigenvalue weighted by atomic mass is 9.83. The van der Waals surface area contributed by atoms with E-state index >= 15 is 0 Å². The van der Waals surface area contributed by atoms with Crippen molar-refractivity contribution in [3.05, 3.63) is 51.5 Å². The Bertz CT molecular complexity index is 547. The van der Waals surface area contributed by atoms with Gasteiger partial charge in [0.1, 0.15) is 5.01 Å². The summed E-state index contributed by atoms with van der Waals surface area (Å²) in [4.78, 5) is 4.83. The second kappa shape index (κ2) is 5.85. The van der Waals surface area contributed by atoms with Gasteiger partial charge in [-0.1, -0.05) is 31.2 Å². The van der Waals surface area contributed by atoms with Gasteiger partial charge in [-0.05, 0) is 36.9 Å². The molecule has 0 bridgehead atoms. The summed E-state index contributed by atoms with van der Waals surface area (Å²) >= 11 is 1.82. The van der Waals surface area contributed by atoms with Gasteiger partial charge in [0.2, 0.25) is 0 Å². The first-order valence-electron chi connectivity index (χ1n) is 7.11. The fourth-order valence-corrected chi connectivity index (χ4v) is 3.80. The molecule has 1 atom stereocenters. The predicted molar refractivity (Wildman–Crippen MR) is 80.7 cm³/mol.